The van der Waals surface area contributed by atoms with Gasteiger partial charge in [-0.1, -0.05) is 49.7 Å². The number of nitrogens with one attached hydrogen (secondary N) is 1. The molecular weight excluding hydrogens is 274 g/mol. The van der Waals surface area contributed by atoms with E-state index in [0.717, 1.165) is 23.4 Å². The lowest BCUT2D eigenvalue weighted by molar-refractivity contribution is -0.122. The monoisotopic (exact) mass is 297 g/mol. The molecule has 0 aromatic heterocycles. The number of carbonyl (C=O) groups excluding carboxylic acids is 1. The molecule has 2 aromatic carbocycles. The van der Waals surface area contributed by atoms with Crippen LogP contribution in [0.2, 0.25) is 0 Å². The first kappa shape index (κ1) is 16.1. The number of aryl methyl sites for hydroxylation is 2. The van der Waals surface area contributed by atoms with Gasteiger partial charge in [0, 0.05) is 5.69 Å². The Kier molecular flexibility index (Phi) is 5.59. The molecule has 3 nitrogen and oxygen atoms in total. The predicted octanol–water partition coefficient (Wildman–Crippen LogP) is 4.35. The Labute approximate surface area is 132 Å². The van der Waals surface area contributed by atoms with E-state index in [-0.39, 0.29) is 5.91 Å². The number of benzene rings is 2. The second-order valence-electron chi connectivity index (χ2n) is 5.33. The molecule has 1 amide bonds. The third-order valence-corrected chi connectivity index (χ3v) is 3.62. The van der Waals surface area contributed by atoms with Gasteiger partial charge in [-0.3, -0.25) is 4.79 Å². The van der Waals surface area contributed by atoms with Crippen LogP contribution in [-0.4, -0.2) is 12.0 Å². The maximum Gasteiger partial charge on any atom is 0.265 e. The Morgan fingerprint density at radius 2 is 1.77 bits per heavy atom. The molecule has 0 heterocycles. The number of hydrogen-bond donors (Lipinski definition) is 1. The van der Waals surface area contributed by atoms with Crippen LogP contribution in [0.3, 0.4) is 0 Å². The van der Waals surface area contributed by atoms with Crippen LogP contribution in [0.15, 0.2) is 48.5 Å². The lowest BCUT2D eigenvalue weighted by Gasteiger charge is -2.18. The molecule has 2 rings (SSSR count). The standard InChI is InChI=1S/C19H23NO2/c1-4-15-8-6-7-9-17(15)20-19(21)18(5-2)22-16-12-10-14(3)11-13-16/h6-13,18H,4-5H2,1-3H3,(H,20,21). The second-order valence-corrected chi connectivity index (χ2v) is 5.33. The zero-order valence-corrected chi connectivity index (χ0v) is 13.4. The van der Waals surface area contributed by atoms with Gasteiger partial charge in [0.1, 0.15) is 5.75 Å². The van der Waals surface area contributed by atoms with Crippen LogP contribution >= 0.6 is 0 Å². The van der Waals surface area contributed by atoms with Crippen molar-refractivity contribution in [1.82, 2.24) is 0 Å². The summed E-state index contributed by atoms with van der Waals surface area (Å²) in [6, 6.07) is 15.6. The van der Waals surface area contributed by atoms with Crippen molar-refractivity contribution < 1.29 is 9.53 Å². The summed E-state index contributed by atoms with van der Waals surface area (Å²) in [7, 11) is 0. The van der Waals surface area contributed by atoms with E-state index in [1.54, 1.807) is 0 Å². The molecule has 0 spiro atoms. The molecule has 0 radical (unpaired) electrons. The Morgan fingerprint density at radius 1 is 1.09 bits per heavy atom. The molecule has 3 heteroatoms. The van der Waals surface area contributed by atoms with Crippen molar-refractivity contribution in [2.45, 2.75) is 39.7 Å². The van der Waals surface area contributed by atoms with Crippen molar-refractivity contribution in [3.05, 3.63) is 59.7 Å². The average Bonchev–Trinajstić information content (AvgIpc) is 2.54. The Balaban J connectivity index is 2.07. The number of hydrogen-bond acceptors (Lipinski definition) is 2. The average molecular weight is 297 g/mol. The van der Waals surface area contributed by atoms with Crippen LogP contribution in [0, 0.1) is 6.92 Å². The summed E-state index contributed by atoms with van der Waals surface area (Å²) in [6.45, 7) is 6.05. The molecule has 0 aliphatic heterocycles. The van der Waals surface area contributed by atoms with Gasteiger partial charge >= 0.3 is 0 Å². The van der Waals surface area contributed by atoms with E-state index in [4.69, 9.17) is 4.74 Å². The fourth-order valence-corrected chi connectivity index (χ4v) is 2.27. The molecular formula is C19H23NO2. The fraction of sp³-hybridized carbons (Fsp3) is 0.316. The summed E-state index contributed by atoms with van der Waals surface area (Å²) in [6.07, 6.45) is 1.01. The number of carbonyl (C=O) groups is 1. The molecule has 1 N–H and O–H groups in total. The number of rotatable bonds is 6. The molecule has 22 heavy (non-hydrogen) atoms. The summed E-state index contributed by atoms with van der Waals surface area (Å²) in [4.78, 5) is 12.4. The highest BCUT2D eigenvalue weighted by molar-refractivity contribution is 5.95. The highest BCUT2D eigenvalue weighted by Crippen LogP contribution is 2.18. The van der Waals surface area contributed by atoms with Crippen molar-refractivity contribution in [2.24, 2.45) is 0 Å². The maximum atomic E-state index is 12.4. The van der Waals surface area contributed by atoms with Crippen molar-refractivity contribution in [2.75, 3.05) is 5.32 Å². The van der Waals surface area contributed by atoms with Crippen molar-refractivity contribution in [1.29, 1.82) is 0 Å². The first-order valence-electron chi connectivity index (χ1n) is 7.76. The van der Waals surface area contributed by atoms with Crippen LogP contribution in [0.4, 0.5) is 5.69 Å². The van der Waals surface area contributed by atoms with Gasteiger partial charge in [-0.2, -0.15) is 0 Å². The molecule has 116 valence electrons. The number of anilines is 1. The van der Waals surface area contributed by atoms with E-state index in [9.17, 15) is 4.79 Å². The summed E-state index contributed by atoms with van der Waals surface area (Å²) in [5.74, 6) is 0.611. The summed E-state index contributed by atoms with van der Waals surface area (Å²) < 4.78 is 5.81. The zero-order valence-electron chi connectivity index (χ0n) is 13.4. The van der Waals surface area contributed by atoms with Gasteiger partial charge < -0.3 is 10.1 Å². The van der Waals surface area contributed by atoms with E-state index in [2.05, 4.69) is 12.2 Å². The number of para-hydroxylation sites is 1. The van der Waals surface area contributed by atoms with Gasteiger partial charge in [-0.15, -0.1) is 0 Å². The minimum absolute atomic E-state index is 0.107. The lowest BCUT2D eigenvalue weighted by atomic mass is 10.1. The smallest absolute Gasteiger partial charge is 0.265 e. The first-order chi connectivity index (χ1) is 10.6. The highest BCUT2D eigenvalue weighted by atomic mass is 16.5. The van der Waals surface area contributed by atoms with Gasteiger partial charge in [0.05, 0.1) is 0 Å². The minimum Gasteiger partial charge on any atom is -0.481 e. The molecule has 0 aliphatic rings. The van der Waals surface area contributed by atoms with Crippen LogP contribution in [0.25, 0.3) is 0 Å². The topological polar surface area (TPSA) is 38.3 Å². The van der Waals surface area contributed by atoms with Crippen LogP contribution in [0.5, 0.6) is 5.75 Å². The number of ether oxygens (including phenoxy) is 1. The van der Waals surface area contributed by atoms with E-state index in [1.165, 1.54) is 5.56 Å². The summed E-state index contributed by atoms with van der Waals surface area (Å²) in [5.41, 5.74) is 3.16. The van der Waals surface area contributed by atoms with Crippen molar-refractivity contribution in [3.63, 3.8) is 0 Å². The van der Waals surface area contributed by atoms with Crippen molar-refractivity contribution >= 4 is 11.6 Å². The predicted molar refractivity (Wildman–Crippen MR) is 90.3 cm³/mol. The van der Waals surface area contributed by atoms with Gasteiger partial charge in [0.2, 0.25) is 0 Å². The van der Waals surface area contributed by atoms with Crippen LogP contribution in [0.1, 0.15) is 31.4 Å². The molecule has 1 atom stereocenters. The Bertz CT molecular complexity index is 620. The quantitative estimate of drug-likeness (QED) is 0.860. The highest BCUT2D eigenvalue weighted by Gasteiger charge is 2.19. The summed E-state index contributed by atoms with van der Waals surface area (Å²) in [5, 5.41) is 2.98. The van der Waals surface area contributed by atoms with E-state index < -0.39 is 6.10 Å². The normalized spacial score (nSPS) is 11.8. The van der Waals surface area contributed by atoms with E-state index in [0.29, 0.717) is 6.42 Å². The number of amides is 1. The van der Waals surface area contributed by atoms with Gasteiger partial charge in [-0.25, -0.2) is 0 Å². The molecule has 0 saturated carbocycles. The van der Waals surface area contributed by atoms with E-state index in [1.807, 2.05) is 62.4 Å². The Hall–Kier alpha value is -2.29. The molecule has 2 aromatic rings. The third kappa shape index (κ3) is 4.10. The second kappa shape index (κ2) is 7.64. The SMILES string of the molecule is CCc1ccccc1NC(=O)C(CC)Oc1ccc(C)cc1. The summed E-state index contributed by atoms with van der Waals surface area (Å²) >= 11 is 0. The Morgan fingerprint density at radius 3 is 2.41 bits per heavy atom. The minimum atomic E-state index is -0.493. The largest absolute Gasteiger partial charge is 0.481 e. The van der Waals surface area contributed by atoms with Crippen LogP contribution < -0.4 is 10.1 Å². The van der Waals surface area contributed by atoms with Gasteiger partial charge in [-0.05, 0) is 43.5 Å². The zero-order chi connectivity index (χ0) is 15.9. The van der Waals surface area contributed by atoms with Crippen molar-refractivity contribution in [3.8, 4) is 5.75 Å². The fourth-order valence-electron chi connectivity index (χ4n) is 2.27. The molecule has 0 bridgehead atoms. The molecule has 0 aliphatic carbocycles. The van der Waals surface area contributed by atoms with E-state index >= 15 is 0 Å². The lowest BCUT2D eigenvalue weighted by Crippen LogP contribution is -2.32. The third-order valence-electron chi connectivity index (χ3n) is 3.62. The maximum absolute atomic E-state index is 12.4. The van der Waals surface area contributed by atoms with Gasteiger partial charge in [0.25, 0.3) is 5.91 Å². The first-order valence-corrected chi connectivity index (χ1v) is 7.76. The van der Waals surface area contributed by atoms with Crippen LogP contribution in [-0.2, 0) is 11.2 Å². The molecule has 0 saturated heterocycles. The molecule has 0 fully saturated rings. The molecule has 1 unspecified atom stereocenters. The van der Waals surface area contributed by atoms with Gasteiger partial charge in [0.15, 0.2) is 6.10 Å².